The second-order valence-corrected chi connectivity index (χ2v) is 5.65. The molecule has 84 valence electrons. The van der Waals surface area contributed by atoms with E-state index in [1.807, 2.05) is 5.38 Å². The van der Waals surface area contributed by atoms with Crippen LogP contribution in [0.5, 0.6) is 0 Å². The van der Waals surface area contributed by atoms with Crippen molar-refractivity contribution in [2.75, 3.05) is 5.32 Å². The Morgan fingerprint density at radius 1 is 1.38 bits per heavy atom. The van der Waals surface area contributed by atoms with Gasteiger partial charge in [0, 0.05) is 22.0 Å². The first kappa shape index (κ1) is 12.0. The van der Waals surface area contributed by atoms with E-state index in [1.165, 1.54) is 17.4 Å². The van der Waals surface area contributed by atoms with Crippen molar-refractivity contribution < 1.29 is 4.39 Å². The van der Waals surface area contributed by atoms with Crippen LogP contribution in [0.25, 0.3) is 0 Å². The van der Waals surface area contributed by atoms with Gasteiger partial charge in [0.05, 0.1) is 0 Å². The van der Waals surface area contributed by atoms with Crippen molar-refractivity contribution in [3.8, 4) is 0 Å². The summed E-state index contributed by atoms with van der Waals surface area (Å²) in [7, 11) is 0. The zero-order valence-electron chi connectivity index (χ0n) is 8.01. The molecule has 0 saturated heterocycles. The van der Waals surface area contributed by atoms with E-state index < -0.39 is 0 Å². The second-order valence-electron chi connectivity index (χ2n) is 3.06. The van der Waals surface area contributed by atoms with Gasteiger partial charge in [0.2, 0.25) is 0 Å². The van der Waals surface area contributed by atoms with E-state index in [1.54, 1.807) is 12.1 Å². The van der Waals surface area contributed by atoms with Crippen LogP contribution < -0.4 is 5.32 Å². The zero-order valence-corrected chi connectivity index (χ0v) is 12.0. The second kappa shape index (κ2) is 5.25. The zero-order chi connectivity index (χ0) is 11.5. The lowest BCUT2D eigenvalue weighted by Gasteiger charge is -2.04. The number of aromatic nitrogens is 1. The molecule has 0 fully saturated rings. The smallest absolute Gasteiger partial charge is 0.184 e. The maximum absolute atomic E-state index is 13.4. The monoisotopic (exact) mass is 364 g/mol. The Bertz CT molecular complexity index is 501. The lowest BCUT2D eigenvalue weighted by atomic mass is 10.2. The molecule has 0 bridgehead atoms. The van der Waals surface area contributed by atoms with Crippen molar-refractivity contribution in [1.29, 1.82) is 0 Å². The van der Waals surface area contributed by atoms with E-state index in [2.05, 4.69) is 42.2 Å². The number of halogens is 3. The fraction of sp³-hybridized carbons (Fsp3) is 0.100. The molecular formula is C10H7Br2FN2S. The molecule has 0 unspecified atom stereocenters. The Labute approximate surface area is 113 Å². The normalized spacial score (nSPS) is 10.4. The molecule has 1 aromatic heterocycles. The molecule has 6 heteroatoms. The van der Waals surface area contributed by atoms with Crippen LogP contribution in [0.1, 0.15) is 5.56 Å². The SMILES string of the molecule is Fc1ccc(Br)cc1CNc1nc(Br)cs1. The van der Waals surface area contributed by atoms with E-state index in [4.69, 9.17) is 0 Å². The molecule has 0 spiro atoms. The molecule has 1 aromatic carbocycles. The maximum atomic E-state index is 13.4. The van der Waals surface area contributed by atoms with Crippen LogP contribution in [-0.4, -0.2) is 4.98 Å². The summed E-state index contributed by atoms with van der Waals surface area (Å²) >= 11 is 8.05. The minimum Gasteiger partial charge on any atom is -0.357 e. The lowest BCUT2D eigenvalue weighted by Crippen LogP contribution is -2.01. The fourth-order valence-corrected chi connectivity index (χ4v) is 2.74. The minimum atomic E-state index is -0.216. The first-order valence-electron chi connectivity index (χ1n) is 4.44. The van der Waals surface area contributed by atoms with Crippen LogP contribution >= 0.6 is 43.2 Å². The number of anilines is 1. The molecule has 2 nitrogen and oxygen atoms in total. The highest BCUT2D eigenvalue weighted by Gasteiger charge is 2.04. The van der Waals surface area contributed by atoms with Gasteiger partial charge < -0.3 is 5.32 Å². The quantitative estimate of drug-likeness (QED) is 0.870. The molecule has 16 heavy (non-hydrogen) atoms. The van der Waals surface area contributed by atoms with E-state index in [0.29, 0.717) is 12.1 Å². The van der Waals surface area contributed by atoms with Gasteiger partial charge in [0.15, 0.2) is 5.13 Å². The third-order valence-corrected chi connectivity index (χ3v) is 3.92. The van der Waals surface area contributed by atoms with Crippen LogP contribution in [0.2, 0.25) is 0 Å². The summed E-state index contributed by atoms with van der Waals surface area (Å²) in [5, 5.41) is 5.71. The minimum absolute atomic E-state index is 0.216. The van der Waals surface area contributed by atoms with Gasteiger partial charge >= 0.3 is 0 Å². The van der Waals surface area contributed by atoms with Crippen molar-refractivity contribution in [2.24, 2.45) is 0 Å². The van der Waals surface area contributed by atoms with E-state index >= 15 is 0 Å². The molecule has 0 saturated carbocycles. The molecule has 0 aliphatic carbocycles. The summed E-state index contributed by atoms with van der Waals surface area (Å²) in [5.41, 5.74) is 0.612. The van der Waals surface area contributed by atoms with Gasteiger partial charge in [-0.1, -0.05) is 15.9 Å². The number of hydrogen-bond donors (Lipinski definition) is 1. The van der Waals surface area contributed by atoms with Gasteiger partial charge in [-0.3, -0.25) is 0 Å². The Hall–Kier alpha value is -0.460. The van der Waals surface area contributed by atoms with Gasteiger partial charge in [-0.25, -0.2) is 9.37 Å². The summed E-state index contributed by atoms with van der Waals surface area (Å²) in [4.78, 5) is 4.17. The van der Waals surface area contributed by atoms with E-state index in [0.717, 1.165) is 14.2 Å². The molecule has 2 rings (SSSR count). The summed E-state index contributed by atoms with van der Waals surface area (Å²) in [6.45, 7) is 0.422. The third-order valence-electron chi connectivity index (χ3n) is 1.91. The highest BCUT2D eigenvalue weighted by Crippen LogP contribution is 2.21. The van der Waals surface area contributed by atoms with E-state index in [9.17, 15) is 4.39 Å². The van der Waals surface area contributed by atoms with Crippen LogP contribution in [0.3, 0.4) is 0 Å². The molecule has 1 heterocycles. The largest absolute Gasteiger partial charge is 0.357 e. The van der Waals surface area contributed by atoms with Crippen molar-refractivity contribution in [3.63, 3.8) is 0 Å². The molecule has 0 atom stereocenters. The van der Waals surface area contributed by atoms with Crippen molar-refractivity contribution in [1.82, 2.24) is 4.98 Å². The molecule has 2 aromatic rings. The first-order chi connectivity index (χ1) is 7.65. The maximum Gasteiger partial charge on any atom is 0.184 e. The number of benzene rings is 1. The summed E-state index contributed by atoms with van der Waals surface area (Å²) < 4.78 is 15.0. The van der Waals surface area contributed by atoms with Gasteiger partial charge in [-0.15, -0.1) is 11.3 Å². The van der Waals surface area contributed by atoms with Gasteiger partial charge in [0.25, 0.3) is 0 Å². The molecular weight excluding hydrogens is 359 g/mol. The molecule has 1 N–H and O–H groups in total. The molecule has 0 aliphatic heterocycles. The predicted molar refractivity (Wildman–Crippen MR) is 71.2 cm³/mol. The standard InChI is InChI=1S/C10H7Br2FN2S/c11-7-1-2-8(13)6(3-7)4-14-10-15-9(12)5-16-10/h1-3,5H,4H2,(H,14,15). The predicted octanol–water partition coefficient (Wildman–Crippen LogP) is 4.42. The number of thiazole rings is 1. The van der Waals surface area contributed by atoms with Gasteiger partial charge in [-0.05, 0) is 34.1 Å². The number of nitrogens with one attached hydrogen (secondary N) is 1. The highest BCUT2D eigenvalue weighted by atomic mass is 79.9. The first-order valence-corrected chi connectivity index (χ1v) is 6.90. The van der Waals surface area contributed by atoms with Crippen LogP contribution in [-0.2, 0) is 6.54 Å². The lowest BCUT2D eigenvalue weighted by molar-refractivity contribution is 0.612. The van der Waals surface area contributed by atoms with Crippen molar-refractivity contribution >= 4 is 48.3 Å². The van der Waals surface area contributed by atoms with Crippen molar-refractivity contribution in [3.05, 3.63) is 44.0 Å². The third kappa shape index (κ3) is 3.02. The number of rotatable bonds is 3. The Kier molecular flexibility index (Phi) is 3.94. The van der Waals surface area contributed by atoms with Crippen molar-refractivity contribution in [2.45, 2.75) is 6.54 Å². The van der Waals surface area contributed by atoms with Gasteiger partial charge in [0.1, 0.15) is 10.4 Å². The van der Waals surface area contributed by atoms with Crippen LogP contribution in [0.4, 0.5) is 9.52 Å². The topological polar surface area (TPSA) is 24.9 Å². The fourth-order valence-electron chi connectivity index (χ4n) is 1.18. The number of nitrogens with zero attached hydrogens (tertiary/aromatic N) is 1. The molecule has 0 radical (unpaired) electrons. The van der Waals surface area contributed by atoms with Crippen LogP contribution in [0.15, 0.2) is 32.7 Å². The summed E-state index contributed by atoms with van der Waals surface area (Å²) in [6, 6.07) is 4.88. The Balaban J connectivity index is 2.07. The molecule has 0 amide bonds. The average molecular weight is 366 g/mol. The summed E-state index contributed by atoms with van der Waals surface area (Å²) in [5.74, 6) is -0.216. The Morgan fingerprint density at radius 2 is 2.19 bits per heavy atom. The number of hydrogen-bond acceptors (Lipinski definition) is 3. The van der Waals surface area contributed by atoms with Crippen LogP contribution in [0, 0.1) is 5.82 Å². The highest BCUT2D eigenvalue weighted by molar-refractivity contribution is 9.10. The average Bonchev–Trinajstić information content (AvgIpc) is 2.66. The van der Waals surface area contributed by atoms with Gasteiger partial charge in [-0.2, -0.15) is 0 Å². The molecule has 0 aliphatic rings. The van der Waals surface area contributed by atoms with E-state index in [-0.39, 0.29) is 5.82 Å². The Morgan fingerprint density at radius 3 is 2.88 bits per heavy atom. The summed E-state index contributed by atoms with van der Waals surface area (Å²) in [6.07, 6.45) is 0.